The summed E-state index contributed by atoms with van der Waals surface area (Å²) in [4.78, 5) is 118. The van der Waals surface area contributed by atoms with E-state index in [4.69, 9.17) is 11.5 Å². The first-order valence-corrected chi connectivity index (χ1v) is 21.6. The summed E-state index contributed by atoms with van der Waals surface area (Å²) in [7, 11) is 0. The van der Waals surface area contributed by atoms with Crippen LogP contribution in [0.5, 0.6) is 0 Å². The van der Waals surface area contributed by atoms with Crippen molar-refractivity contribution in [3.8, 4) is 0 Å². The van der Waals surface area contributed by atoms with Gasteiger partial charge in [-0.1, -0.05) is 88.4 Å². The van der Waals surface area contributed by atoms with Gasteiger partial charge < -0.3 is 53.8 Å². The molecule has 0 radical (unpaired) electrons. The van der Waals surface area contributed by atoms with E-state index in [1.807, 2.05) is 13.8 Å². The predicted molar refractivity (Wildman–Crippen MR) is 238 cm³/mol. The second-order valence-electron chi connectivity index (χ2n) is 16.6. The maximum absolute atomic E-state index is 14.3. The highest BCUT2D eigenvalue weighted by Gasteiger charge is 2.35. The van der Waals surface area contributed by atoms with Gasteiger partial charge in [0.05, 0.1) is 0 Å². The molecule has 0 spiro atoms. The van der Waals surface area contributed by atoms with Gasteiger partial charge in [-0.15, -0.1) is 0 Å². The van der Waals surface area contributed by atoms with Crippen molar-refractivity contribution >= 4 is 53.2 Å². The summed E-state index contributed by atoms with van der Waals surface area (Å²) in [6, 6.07) is 8.96. The standard InChI is InChI=1S/C45H67N9O10/c1-26(2)23-34(51-40(58)32(49-29(6)55)19-13-14-22-46)43(61)54-38(27(3)4)44(62)53-36(25-31-17-11-8-12-18-31)42(60)52-35(24-30-15-9-7-10-16-30)41(59)48-28(5)39(57)50-33(45(63)64)20-21-37(47)56/h7-12,15-18,26-28,32-36,38H,13-14,19-25,46H2,1-6H3,(H2,47,56)(H,48,59)(H,49,55)(H,50,57)(H,51,58)(H,52,60)(H,53,62)(H,54,61)(H,63,64)/t28-,32-,33-,34-,35-,36+,38-/m0/s1. The van der Waals surface area contributed by atoms with Crippen molar-refractivity contribution in [3.05, 3.63) is 71.8 Å². The third-order valence-electron chi connectivity index (χ3n) is 10.1. The minimum absolute atomic E-state index is 0.0295. The molecular weight excluding hydrogens is 827 g/mol. The Morgan fingerprint density at radius 2 is 1.02 bits per heavy atom. The molecule has 7 atom stereocenters. The third kappa shape index (κ3) is 19.8. The fraction of sp³-hybridized carbons (Fsp3) is 0.533. The Hall–Kier alpha value is -6.37. The van der Waals surface area contributed by atoms with Gasteiger partial charge in [0.2, 0.25) is 47.3 Å². The van der Waals surface area contributed by atoms with E-state index in [0.717, 1.165) is 0 Å². The molecule has 0 bridgehead atoms. The Bertz CT molecular complexity index is 1880. The highest BCUT2D eigenvalue weighted by atomic mass is 16.4. The number of carbonyl (C=O) groups excluding carboxylic acids is 8. The second kappa shape index (κ2) is 27.6. The third-order valence-corrected chi connectivity index (χ3v) is 10.1. The van der Waals surface area contributed by atoms with Gasteiger partial charge in [-0.2, -0.15) is 0 Å². The number of aliphatic carboxylic acids is 1. The van der Waals surface area contributed by atoms with Crippen LogP contribution in [0.25, 0.3) is 0 Å². The molecule has 8 amide bonds. The number of nitrogens with one attached hydrogen (secondary N) is 7. The van der Waals surface area contributed by atoms with Crippen LogP contribution in [0.1, 0.15) is 91.2 Å². The lowest BCUT2D eigenvalue weighted by Crippen LogP contribution is -2.61. The molecule has 2 aromatic rings. The van der Waals surface area contributed by atoms with Crippen molar-refractivity contribution in [2.75, 3.05) is 6.54 Å². The van der Waals surface area contributed by atoms with E-state index >= 15 is 0 Å². The maximum atomic E-state index is 14.3. The zero-order chi connectivity index (χ0) is 47.9. The molecule has 0 aromatic heterocycles. The Kier molecular flexibility index (Phi) is 23.2. The molecule has 19 heteroatoms. The van der Waals surface area contributed by atoms with Crippen LogP contribution in [-0.4, -0.2) is 107 Å². The largest absolute Gasteiger partial charge is 0.480 e. The number of primary amides is 1. The van der Waals surface area contributed by atoms with Crippen LogP contribution in [0.4, 0.5) is 0 Å². The number of rotatable bonds is 28. The lowest BCUT2D eigenvalue weighted by molar-refractivity contribution is -0.142. The summed E-state index contributed by atoms with van der Waals surface area (Å²) in [5.41, 5.74) is 12.1. The van der Waals surface area contributed by atoms with Crippen molar-refractivity contribution in [2.45, 2.75) is 135 Å². The van der Waals surface area contributed by atoms with Crippen molar-refractivity contribution in [1.82, 2.24) is 37.2 Å². The van der Waals surface area contributed by atoms with Crippen LogP contribution >= 0.6 is 0 Å². The number of carboxylic acid groups (broad SMARTS) is 1. The minimum Gasteiger partial charge on any atom is -0.480 e. The first kappa shape index (κ1) is 53.8. The molecule has 19 nitrogen and oxygen atoms in total. The normalized spacial score (nSPS) is 14.3. The highest BCUT2D eigenvalue weighted by molar-refractivity contribution is 5.97. The summed E-state index contributed by atoms with van der Waals surface area (Å²) in [6.45, 7) is 10.1. The number of unbranched alkanes of at least 4 members (excludes halogenated alkanes) is 1. The van der Waals surface area contributed by atoms with Gasteiger partial charge in [-0.25, -0.2) is 4.79 Å². The average Bonchev–Trinajstić information content (AvgIpc) is 3.22. The Morgan fingerprint density at radius 3 is 1.48 bits per heavy atom. The lowest BCUT2D eigenvalue weighted by Gasteiger charge is -2.29. The monoisotopic (exact) mass is 894 g/mol. The van der Waals surface area contributed by atoms with Crippen molar-refractivity contribution in [3.63, 3.8) is 0 Å². The Balaban J connectivity index is 2.40. The first-order valence-electron chi connectivity index (χ1n) is 21.6. The molecule has 352 valence electrons. The first-order chi connectivity index (χ1) is 30.2. The topological polar surface area (TPSA) is 310 Å². The van der Waals surface area contributed by atoms with Crippen molar-refractivity contribution in [2.24, 2.45) is 23.3 Å². The molecule has 2 rings (SSSR count). The summed E-state index contributed by atoms with van der Waals surface area (Å²) in [6.07, 6.45) is 1.05. The molecule has 0 heterocycles. The Morgan fingerprint density at radius 1 is 0.547 bits per heavy atom. The summed E-state index contributed by atoms with van der Waals surface area (Å²) < 4.78 is 0. The van der Waals surface area contributed by atoms with Gasteiger partial charge in [0.1, 0.15) is 42.3 Å². The zero-order valence-corrected chi connectivity index (χ0v) is 37.6. The van der Waals surface area contributed by atoms with E-state index < -0.39 is 101 Å². The number of carboxylic acids is 1. The summed E-state index contributed by atoms with van der Waals surface area (Å²) in [5.74, 6) is -7.50. The lowest BCUT2D eigenvalue weighted by atomic mass is 9.98. The van der Waals surface area contributed by atoms with Gasteiger partial charge in [0.25, 0.3) is 0 Å². The average molecular weight is 894 g/mol. The molecule has 0 unspecified atom stereocenters. The van der Waals surface area contributed by atoms with E-state index in [1.54, 1.807) is 74.5 Å². The fourth-order valence-electron chi connectivity index (χ4n) is 6.64. The van der Waals surface area contributed by atoms with Gasteiger partial charge >= 0.3 is 5.97 Å². The minimum atomic E-state index is -1.46. The molecule has 0 fully saturated rings. The molecule has 0 aliphatic heterocycles. The summed E-state index contributed by atoms with van der Waals surface area (Å²) in [5, 5.41) is 28.0. The smallest absolute Gasteiger partial charge is 0.326 e. The van der Waals surface area contributed by atoms with E-state index in [9.17, 15) is 48.3 Å². The fourth-order valence-corrected chi connectivity index (χ4v) is 6.64. The van der Waals surface area contributed by atoms with E-state index in [0.29, 0.717) is 36.9 Å². The number of benzene rings is 2. The molecule has 0 saturated heterocycles. The molecule has 2 aromatic carbocycles. The number of hydrogen-bond acceptors (Lipinski definition) is 10. The molecule has 0 aliphatic carbocycles. The highest BCUT2D eigenvalue weighted by Crippen LogP contribution is 2.12. The van der Waals surface area contributed by atoms with Gasteiger partial charge in [-0.05, 0) is 68.5 Å². The van der Waals surface area contributed by atoms with Gasteiger partial charge in [0.15, 0.2) is 0 Å². The quantitative estimate of drug-likeness (QED) is 0.0511. The number of amides is 8. The number of carbonyl (C=O) groups is 9. The van der Waals surface area contributed by atoms with Crippen LogP contribution < -0.4 is 48.7 Å². The van der Waals surface area contributed by atoms with Crippen molar-refractivity contribution < 1.29 is 48.3 Å². The molecule has 0 aliphatic rings. The number of nitrogens with two attached hydrogens (primary N) is 2. The second-order valence-corrected chi connectivity index (χ2v) is 16.6. The van der Waals surface area contributed by atoms with Gasteiger partial charge in [0, 0.05) is 26.2 Å². The van der Waals surface area contributed by atoms with Crippen molar-refractivity contribution in [1.29, 1.82) is 0 Å². The van der Waals surface area contributed by atoms with E-state index in [2.05, 4.69) is 37.2 Å². The van der Waals surface area contributed by atoms with Crippen LogP contribution in [0, 0.1) is 11.8 Å². The molecular formula is C45H67N9O10. The number of hydrogen-bond donors (Lipinski definition) is 10. The molecule has 0 saturated carbocycles. The van der Waals surface area contributed by atoms with E-state index in [-0.39, 0.29) is 38.0 Å². The van der Waals surface area contributed by atoms with Crippen LogP contribution in [-0.2, 0) is 56.0 Å². The zero-order valence-electron chi connectivity index (χ0n) is 37.6. The van der Waals surface area contributed by atoms with Gasteiger partial charge in [-0.3, -0.25) is 38.4 Å². The molecule has 64 heavy (non-hydrogen) atoms. The van der Waals surface area contributed by atoms with E-state index in [1.165, 1.54) is 13.8 Å². The van der Waals surface area contributed by atoms with Crippen LogP contribution in [0.2, 0.25) is 0 Å². The predicted octanol–water partition coefficient (Wildman–Crippen LogP) is 0.0864. The Labute approximate surface area is 374 Å². The maximum Gasteiger partial charge on any atom is 0.326 e. The van der Waals surface area contributed by atoms with Crippen LogP contribution in [0.3, 0.4) is 0 Å². The molecule has 12 N–H and O–H groups in total. The SMILES string of the molecule is CC(=O)N[C@@H](CCCCN)C(=O)N[C@@H](CC(C)C)C(=O)N[C@H](C(=O)N[C@H](Cc1ccccc1)C(=O)N[C@@H](Cc1ccccc1)C(=O)N[C@@H](C)C(=O)N[C@@H](CCC(N)=O)C(=O)O)C(C)C. The van der Waals surface area contributed by atoms with Crippen LogP contribution in [0.15, 0.2) is 60.7 Å². The summed E-state index contributed by atoms with van der Waals surface area (Å²) >= 11 is 0.